The van der Waals surface area contributed by atoms with Crippen LogP contribution in [0.2, 0.25) is 0 Å². The van der Waals surface area contributed by atoms with Gasteiger partial charge in [-0.15, -0.1) is 23.1 Å². The van der Waals surface area contributed by atoms with Crippen molar-refractivity contribution in [3.8, 4) is 0 Å². The zero-order valence-corrected chi connectivity index (χ0v) is 17.2. The number of amides is 1. The molecule has 0 saturated carbocycles. The van der Waals surface area contributed by atoms with Gasteiger partial charge in [-0.2, -0.15) is 0 Å². The molecule has 0 atom stereocenters. The topological polar surface area (TPSA) is 68.7 Å². The first-order valence-electron chi connectivity index (χ1n) is 8.70. The van der Waals surface area contributed by atoms with Crippen LogP contribution in [0, 0.1) is 0 Å². The van der Waals surface area contributed by atoms with Crippen LogP contribution in [0.25, 0.3) is 0 Å². The van der Waals surface area contributed by atoms with Crippen LogP contribution in [0.1, 0.15) is 28.8 Å². The van der Waals surface area contributed by atoms with Crippen molar-refractivity contribution in [3.63, 3.8) is 0 Å². The maximum atomic E-state index is 12.7. The predicted octanol–water partition coefficient (Wildman–Crippen LogP) is 3.48. The lowest BCUT2D eigenvalue weighted by Gasteiger charge is -2.21. The van der Waals surface area contributed by atoms with Gasteiger partial charge in [0.1, 0.15) is 5.01 Å². The number of thioether (sulfide) groups is 1. The summed E-state index contributed by atoms with van der Waals surface area (Å²) in [5.41, 5.74) is 0.291. The van der Waals surface area contributed by atoms with Gasteiger partial charge in [0, 0.05) is 30.5 Å². The van der Waals surface area contributed by atoms with Gasteiger partial charge in [0.05, 0.1) is 18.9 Å². The second-order valence-corrected chi connectivity index (χ2v) is 7.60. The molecule has 0 aliphatic rings. The maximum absolute atomic E-state index is 12.7. The van der Waals surface area contributed by atoms with E-state index in [1.54, 1.807) is 24.3 Å². The van der Waals surface area contributed by atoms with Crippen molar-refractivity contribution in [2.45, 2.75) is 24.8 Å². The van der Waals surface area contributed by atoms with E-state index < -0.39 is 5.97 Å². The number of benzene rings is 1. The fourth-order valence-corrected chi connectivity index (χ4v) is 3.89. The van der Waals surface area contributed by atoms with Gasteiger partial charge in [0.15, 0.2) is 5.69 Å². The van der Waals surface area contributed by atoms with Gasteiger partial charge in [-0.1, -0.05) is 18.2 Å². The predicted molar refractivity (Wildman–Crippen MR) is 107 cm³/mol. The van der Waals surface area contributed by atoms with Crippen LogP contribution in [-0.4, -0.2) is 54.4 Å². The third-order valence-corrected chi connectivity index (χ3v) is 5.43. The van der Waals surface area contributed by atoms with Crippen LogP contribution in [-0.2, 0) is 20.8 Å². The summed E-state index contributed by atoms with van der Waals surface area (Å²) in [5, 5.41) is 2.39. The van der Waals surface area contributed by atoms with Gasteiger partial charge in [0.2, 0.25) is 5.91 Å². The lowest BCUT2D eigenvalue weighted by molar-refractivity contribution is -0.129. The van der Waals surface area contributed by atoms with E-state index in [-0.39, 0.29) is 5.91 Å². The normalized spacial score (nSPS) is 10.6. The molecular formula is C19H24N2O4S2. The van der Waals surface area contributed by atoms with Crippen molar-refractivity contribution in [1.29, 1.82) is 0 Å². The van der Waals surface area contributed by atoms with Gasteiger partial charge < -0.3 is 14.4 Å². The molecule has 0 bridgehead atoms. The molecule has 0 fully saturated rings. The molecule has 0 N–H and O–H groups in total. The minimum absolute atomic E-state index is 0.0350. The summed E-state index contributed by atoms with van der Waals surface area (Å²) in [6, 6.07) is 9.83. The monoisotopic (exact) mass is 408 g/mol. The zero-order chi connectivity index (χ0) is 19.5. The number of thiazole rings is 1. The Bertz CT molecular complexity index is 722. The van der Waals surface area contributed by atoms with Crippen molar-refractivity contribution in [1.82, 2.24) is 9.88 Å². The Hall–Kier alpha value is -1.90. The van der Waals surface area contributed by atoms with Gasteiger partial charge in [-0.3, -0.25) is 4.79 Å². The van der Waals surface area contributed by atoms with E-state index in [1.807, 2.05) is 30.3 Å². The van der Waals surface area contributed by atoms with Crippen LogP contribution in [0.4, 0.5) is 0 Å². The molecule has 146 valence electrons. The standard InChI is InChI=1S/C19H24N2O4S2/c1-3-25-19(23)16-13-27-17(20-16)12-21(10-7-11-24-2)18(22)14-26-15-8-5-4-6-9-15/h4-6,8-9,13H,3,7,10-12,14H2,1-2H3. The van der Waals surface area contributed by atoms with Crippen molar-refractivity contribution < 1.29 is 19.1 Å². The van der Waals surface area contributed by atoms with Gasteiger partial charge in [-0.05, 0) is 25.5 Å². The number of ether oxygens (including phenoxy) is 2. The minimum Gasteiger partial charge on any atom is -0.461 e. The summed E-state index contributed by atoms with van der Waals surface area (Å²) < 4.78 is 10.1. The summed E-state index contributed by atoms with van der Waals surface area (Å²) in [6.07, 6.45) is 0.744. The summed E-state index contributed by atoms with van der Waals surface area (Å²) in [6.45, 7) is 3.61. The van der Waals surface area contributed by atoms with Crippen molar-refractivity contribution in [2.24, 2.45) is 0 Å². The highest BCUT2D eigenvalue weighted by atomic mass is 32.2. The molecule has 0 spiro atoms. The van der Waals surface area contributed by atoms with Crippen molar-refractivity contribution >= 4 is 35.0 Å². The van der Waals surface area contributed by atoms with Crippen molar-refractivity contribution in [2.75, 3.05) is 32.6 Å². The zero-order valence-electron chi connectivity index (χ0n) is 15.6. The molecule has 1 aromatic carbocycles. The molecule has 1 aromatic heterocycles. The third-order valence-electron chi connectivity index (χ3n) is 3.60. The summed E-state index contributed by atoms with van der Waals surface area (Å²) in [4.78, 5) is 31.6. The average molecular weight is 409 g/mol. The number of carbonyl (C=O) groups is 2. The number of nitrogens with zero attached hydrogens (tertiary/aromatic N) is 2. The van der Waals surface area contributed by atoms with E-state index in [0.717, 1.165) is 11.3 Å². The molecule has 8 heteroatoms. The highest BCUT2D eigenvalue weighted by molar-refractivity contribution is 8.00. The molecular weight excluding hydrogens is 384 g/mol. The molecule has 6 nitrogen and oxygen atoms in total. The number of hydrogen-bond acceptors (Lipinski definition) is 7. The second-order valence-electron chi connectivity index (χ2n) is 5.61. The summed E-state index contributed by atoms with van der Waals surface area (Å²) >= 11 is 2.87. The van der Waals surface area contributed by atoms with E-state index >= 15 is 0 Å². The number of esters is 1. The Labute approximate surface area is 167 Å². The molecule has 1 amide bonds. The maximum Gasteiger partial charge on any atom is 0.357 e. The largest absolute Gasteiger partial charge is 0.461 e. The molecule has 2 aromatic rings. The van der Waals surface area contributed by atoms with E-state index in [4.69, 9.17) is 9.47 Å². The molecule has 0 aliphatic heterocycles. The molecule has 27 heavy (non-hydrogen) atoms. The van der Waals surface area contributed by atoms with Gasteiger partial charge >= 0.3 is 5.97 Å². The first-order chi connectivity index (χ1) is 13.1. The number of methoxy groups -OCH3 is 1. The highest BCUT2D eigenvalue weighted by Gasteiger charge is 2.18. The van der Waals surface area contributed by atoms with E-state index in [9.17, 15) is 9.59 Å². The molecule has 2 rings (SSSR count). The lowest BCUT2D eigenvalue weighted by Crippen LogP contribution is -2.33. The highest BCUT2D eigenvalue weighted by Crippen LogP contribution is 2.19. The third kappa shape index (κ3) is 7.32. The van der Waals surface area contributed by atoms with Crippen LogP contribution in [0.3, 0.4) is 0 Å². The molecule has 0 radical (unpaired) electrons. The van der Waals surface area contributed by atoms with Crippen LogP contribution in [0.5, 0.6) is 0 Å². The SMILES string of the molecule is CCOC(=O)c1csc(CN(CCCOC)C(=O)CSc2ccccc2)n1. The fourth-order valence-electron chi connectivity index (χ4n) is 2.29. The smallest absolute Gasteiger partial charge is 0.357 e. The molecule has 1 heterocycles. The summed E-state index contributed by atoms with van der Waals surface area (Å²) in [7, 11) is 1.64. The van der Waals surface area contributed by atoms with E-state index in [1.165, 1.54) is 23.1 Å². The van der Waals surface area contributed by atoms with E-state index in [0.29, 0.717) is 42.8 Å². The molecule has 0 aliphatic carbocycles. The number of rotatable bonds is 11. The first kappa shape index (κ1) is 21.4. The second kappa shape index (κ2) is 11.7. The van der Waals surface area contributed by atoms with Crippen LogP contribution in [0.15, 0.2) is 40.6 Å². The van der Waals surface area contributed by atoms with Crippen LogP contribution >= 0.6 is 23.1 Å². The van der Waals surface area contributed by atoms with Crippen LogP contribution < -0.4 is 0 Å². The Morgan fingerprint density at radius 2 is 2.04 bits per heavy atom. The molecule has 0 saturated heterocycles. The first-order valence-corrected chi connectivity index (χ1v) is 10.6. The van der Waals surface area contributed by atoms with Crippen molar-refractivity contribution in [3.05, 3.63) is 46.4 Å². The Morgan fingerprint density at radius 1 is 1.26 bits per heavy atom. The number of aromatic nitrogens is 1. The fraction of sp³-hybridized carbons (Fsp3) is 0.421. The van der Waals surface area contributed by atoms with E-state index in [2.05, 4.69) is 4.98 Å². The number of hydrogen-bond donors (Lipinski definition) is 0. The Balaban J connectivity index is 1.98. The quantitative estimate of drug-likeness (QED) is 0.322. The Kier molecular flexibility index (Phi) is 9.30. The lowest BCUT2D eigenvalue weighted by atomic mass is 10.3. The van der Waals surface area contributed by atoms with Gasteiger partial charge in [0.25, 0.3) is 0 Å². The van der Waals surface area contributed by atoms with Gasteiger partial charge in [-0.25, -0.2) is 9.78 Å². The summed E-state index contributed by atoms with van der Waals surface area (Å²) in [5.74, 6) is -0.0441. The minimum atomic E-state index is -0.433. The average Bonchev–Trinajstić information content (AvgIpc) is 3.15. The Morgan fingerprint density at radius 3 is 2.74 bits per heavy atom. The molecule has 0 unspecified atom stereocenters. The number of carbonyl (C=O) groups excluding carboxylic acids is 2.